The molecule has 2 aromatic rings. The molecule has 0 aliphatic heterocycles. The molecular weight excluding hydrogens is 412 g/mol. The Morgan fingerprint density at radius 1 is 1.11 bits per heavy atom. The lowest BCUT2D eigenvalue weighted by atomic mass is 9.97. The first kappa shape index (κ1) is 20.6. The first-order valence-corrected chi connectivity index (χ1v) is 9.32. The van der Waals surface area contributed by atoms with Gasteiger partial charge in [0.25, 0.3) is 0 Å². The van der Waals surface area contributed by atoms with E-state index in [9.17, 15) is 14.4 Å². The highest BCUT2D eigenvalue weighted by atomic mass is 79.9. The van der Waals surface area contributed by atoms with Gasteiger partial charge in [0.2, 0.25) is 5.91 Å². The van der Waals surface area contributed by atoms with Gasteiger partial charge in [-0.15, -0.1) is 0 Å². The van der Waals surface area contributed by atoms with Crippen molar-refractivity contribution < 1.29 is 19.5 Å². The predicted molar refractivity (Wildman–Crippen MR) is 107 cm³/mol. The Bertz CT molecular complexity index is 839. The van der Waals surface area contributed by atoms with Crippen LogP contribution in [0.4, 0.5) is 10.5 Å². The fourth-order valence-corrected chi connectivity index (χ4v) is 2.96. The Morgan fingerprint density at radius 3 is 2.37 bits per heavy atom. The van der Waals surface area contributed by atoms with Crippen LogP contribution in [0.15, 0.2) is 53.0 Å². The lowest BCUT2D eigenvalue weighted by Crippen LogP contribution is -2.47. The summed E-state index contributed by atoms with van der Waals surface area (Å²) in [6.45, 7) is 3.66. The smallest absolute Gasteiger partial charge is 0.405 e. The molecule has 0 heterocycles. The van der Waals surface area contributed by atoms with Crippen molar-refractivity contribution in [3.05, 3.63) is 64.1 Å². The highest BCUT2D eigenvalue weighted by molar-refractivity contribution is 9.10. The molecule has 0 bridgehead atoms. The quantitative estimate of drug-likeness (QED) is 0.568. The molecule has 2 unspecified atom stereocenters. The van der Waals surface area contributed by atoms with Crippen molar-refractivity contribution >= 4 is 39.4 Å². The molecule has 0 radical (unpaired) electrons. The summed E-state index contributed by atoms with van der Waals surface area (Å²) in [5.74, 6) is -0.945. The van der Waals surface area contributed by atoms with E-state index in [0.717, 1.165) is 0 Å². The molecule has 2 rings (SSSR count). The number of amides is 2. The molecule has 0 aromatic heterocycles. The van der Waals surface area contributed by atoms with Crippen LogP contribution in [0.3, 0.4) is 0 Å². The molecule has 2 atom stereocenters. The van der Waals surface area contributed by atoms with E-state index in [1.165, 1.54) is 0 Å². The van der Waals surface area contributed by atoms with Crippen LogP contribution in [0, 0.1) is 5.92 Å². The molecule has 3 N–H and O–H groups in total. The first-order chi connectivity index (χ1) is 12.8. The molecule has 0 fully saturated rings. The van der Waals surface area contributed by atoms with Gasteiger partial charge in [-0.25, -0.2) is 4.79 Å². The monoisotopic (exact) mass is 432 g/mol. The molecule has 0 saturated heterocycles. The Morgan fingerprint density at radius 2 is 1.78 bits per heavy atom. The number of carbonyl (C=O) groups is 3. The van der Waals surface area contributed by atoms with Crippen molar-refractivity contribution in [3.8, 4) is 0 Å². The maximum Gasteiger partial charge on any atom is 0.405 e. The number of hydrogen-bond acceptors (Lipinski definition) is 3. The lowest BCUT2D eigenvalue weighted by molar-refractivity contribution is -0.119. The van der Waals surface area contributed by atoms with Gasteiger partial charge in [0.15, 0.2) is 5.78 Å². The van der Waals surface area contributed by atoms with Gasteiger partial charge >= 0.3 is 6.09 Å². The summed E-state index contributed by atoms with van der Waals surface area (Å²) in [6, 6.07) is 12.8. The fraction of sp³-hybridized carbons (Fsp3) is 0.250. The molecular formula is C20H21BrN2O4. The standard InChI is InChI=1S/C20H21BrN2O4/c1-3-12(2)17(23-20(26)27)19(25)22-16-10-9-14(21)11-15(16)18(24)13-7-5-4-6-8-13/h4-12,17,23H,3H2,1-2H3,(H,22,25)(H,26,27). The van der Waals surface area contributed by atoms with Crippen molar-refractivity contribution in [2.45, 2.75) is 26.3 Å². The van der Waals surface area contributed by atoms with E-state index in [0.29, 0.717) is 27.7 Å². The SMILES string of the molecule is CCC(C)C(NC(=O)O)C(=O)Nc1ccc(Br)cc1C(=O)c1ccccc1. The van der Waals surface area contributed by atoms with Gasteiger partial charge < -0.3 is 15.7 Å². The van der Waals surface area contributed by atoms with Crippen LogP contribution >= 0.6 is 15.9 Å². The average Bonchev–Trinajstić information content (AvgIpc) is 2.66. The third-order valence-electron chi connectivity index (χ3n) is 4.29. The Balaban J connectivity index is 2.34. The minimum Gasteiger partial charge on any atom is -0.465 e. The number of hydrogen-bond donors (Lipinski definition) is 3. The normalized spacial score (nSPS) is 12.7. The van der Waals surface area contributed by atoms with Crippen LogP contribution < -0.4 is 10.6 Å². The summed E-state index contributed by atoms with van der Waals surface area (Å²) in [7, 11) is 0. The summed E-state index contributed by atoms with van der Waals surface area (Å²) in [5, 5.41) is 14.0. The number of halogens is 1. The van der Waals surface area contributed by atoms with E-state index in [1.807, 2.05) is 13.0 Å². The van der Waals surface area contributed by atoms with Crippen molar-refractivity contribution in [2.24, 2.45) is 5.92 Å². The molecule has 6 nitrogen and oxygen atoms in total. The van der Waals surface area contributed by atoms with Crippen LogP contribution in [0.2, 0.25) is 0 Å². The number of anilines is 1. The number of nitrogens with one attached hydrogen (secondary N) is 2. The third-order valence-corrected chi connectivity index (χ3v) is 4.79. The zero-order chi connectivity index (χ0) is 20.0. The summed E-state index contributed by atoms with van der Waals surface area (Å²) >= 11 is 3.34. The van der Waals surface area contributed by atoms with Gasteiger partial charge in [-0.05, 0) is 24.1 Å². The zero-order valence-electron chi connectivity index (χ0n) is 15.0. The second-order valence-corrected chi connectivity index (χ2v) is 7.10. The van der Waals surface area contributed by atoms with Gasteiger partial charge in [-0.2, -0.15) is 0 Å². The predicted octanol–water partition coefficient (Wildman–Crippen LogP) is 4.30. The van der Waals surface area contributed by atoms with Crippen LogP contribution in [0.5, 0.6) is 0 Å². The number of carbonyl (C=O) groups excluding carboxylic acids is 2. The van der Waals surface area contributed by atoms with Crippen molar-refractivity contribution in [2.75, 3.05) is 5.32 Å². The summed E-state index contributed by atoms with van der Waals surface area (Å²) < 4.78 is 0.696. The van der Waals surface area contributed by atoms with Gasteiger partial charge in [-0.3, -0.25) is 9.59 Å². The van der Waals surface area contributed by atoms with E-state index in [2.05, 4.69) is 26.6 Å². The van der Waals surface area contributed by atoms with E-state index < -0.39 is 18.0 Å². The maximum absolute atomic E-state index is 12.9. The van der Waals surface area contributed by atoms with Crippen LogP contribution in [0.25, 0.3) is 0 Å². The second-order valence-electron chi connectivity index (χ2n) is 6.19. The topological polar surface area (TPSA) is 95.5 Å². The summed E-state index contributed by atoms with van der Waals surface area (Å²) in [4.78, 5) is 36.6. The first-order valence-electron chi connectivity index (χ1n) is 8.53. The number of benzene rings is 2. The van der Waals surface area contributed by atoms with Crippen molar-refractivity contribution in [3.63, 3.8) is 0 Å². The van der Waals surface area contributed by atoms with E-state index >= 15 is 0 Å². The molecule has 2 aromatic carbocycles. The van der Waals surface area contributed by atoms with Crippen molar-refractivity contribution in [1.82, 2.24) is 5.32 Å². The minimum atomic E-state index is -1.27. The van der Waals surface area contributed by atoms with Crippen LogP contribution in [-0.2, 0) is 4.79 Å². The highest BCUT2D eigenvalue weighted by Gasteiger charge is 2.27. The molecule has 2 amide bonds. The Labute approximate surface area is 166 Å². The lowest BCUT2D eigenvalue weighted by Gasteiger charge is -2.22. The molecule has 0 aliphatic carbocycles. The highest BCUT2D eigenvalue weighted by Crippen LogP contribution is 2.25. The Hall–Kier alpha value is -2.67. The number of carboxylic acid groups (broad SMARTS) is 1. The molecule has 142 valence electrons. The summed E-state index contributed by atoms with van der Waals surface area (Å²) in [5.41, 5.74) is 1.15. The van der Waals surface area contributed by atoms with Crippen molar-refractivity contribution in [1.29, 1.82) is 0 Å². The largest absolute Gasteiger partial charge is 0.465 e. The van der Waals surface area contributed by atoms with Gasteiger partial charge in [-0.1, -0.05) is 66.5 Å². The molecule has 27 heavy (non-hydrogen) atoms. The minimum absolute atomic E-state index is 0.204. The average molecular weight is 433 g/mol. The molecule has 0 aliphatic rings. The van der Waals surface area contributed by atoms with E-state index in [1.54, 1.807) is 49.4 Å². The van der Waals surface area contributed by atoms with Crippen LogP contribution in [-0.4, -0.2) is 28.9 Å². The zero-order valence-corrected chi connectivity index (χ0v) is 16.6. The van der Waals surface area contributed by atoms with Gasteiger partial charge in [0.05, 0.1) is 5.69 Å². The fourth-order valence-electron chi connectivity index (χ4n) is 2.60. The Kier molecular flexibility index (Phi) is 7.12. The molecule has 0 spiro atoms. The second kappa shape index (κ2) is 9.32. The number of rotatable bonds is 7. The van der Waals surface area contributed by atoms with E-state index in [4.69, 9.17) is 5.11 Å². The third kappa shape index (κ3) is 5.40. The summed E-state index contributed by atoms with van der Waals surface area (Å²) in [6.07, 6.45) is -0.652. The van der Waals surface area contributed by atoms with Crippen LogP contribution in [0.1, 0.15) is 36.2 Å². The number of ketones is 1. The van der Waals surface area contributed by atoms with Gasteiger partial charge in [0, 0.05) is 15.6 Å². The van der Waals surface area contributed by atoms with E-state index in [-0.39, 0.29) is 11.7 Å². The van der Waals surface area contributed by atoms with Gasteiger partial charge in [0.1, 0.15) is 6.04 Å². The molecule has 7 heteroatoms. The maximum atomic E-state index is 12.9. The molecule has 0 saturated carbocycles.